The maximum atomic E-state index is 5.61. The minimum Gasteiger partial charge on any atom is -0.376 e. The third-order valence-corrected chi connectivity index (χ3v) is 4.00. The Bertz CT molecular complexity index is 214. The van der Waals surface area contributed by atoms with E-state index in [1.54, 1.807) is 0 Å². The monoisotopic (exact) mass is 226 g/mol. The molecule has 3 nitrogen and oxygen atoms in total. The lowest BCUT2D eigenvalue weighted by molar-refractivity contribution is -0.0315. The van der Waals surface area contributed by atoms with Gasteiger partial charge in [0.25, 0.3) is 0 Å². The molecule has 0 amide bonds. The van der Waals surface area contributed by atoms with Crippen LogP contribution >= 0.6 is 0 Å². The van der Waals surface area contributed by atoms with Gasteiger partial charge in [-0.3, -0.25) is 4.90 Å². The number of nitrogens with zero attached hydrogens (tertiary/aromatic N) is 1. The molecule has 2 fully saturated rings. The van der Waals surface area contributed by atoms with Crippen LogP contribution in [-0.4, -0.2) is 50.3 Å². The highest BCUT2D eigenvalue weighted by Crippen LogP contribution is 2.32. The number of ether oxygens (including phenoxy) is 1. The quantitative estimate of drug-likeness (QED) is 0.786. The molecule has 0 bridgehead atoms. The maximum Gasteiger partial charge on any atom is 0.0674 e. The summed E-state index contributed by atoms with van der Waals surface area (Å²) in [4.78, 5) is 2.61. The van der Waals surface area contributed by atoms with Crippen molar-refractivity contribution in [2.24, 2.45) is 5.41 Å². The minimum atomic E-state index is 0.418. The van der Waals surface area contributed by atoms with Gasteiger partial charge in [-0.05, 0) is 31.7 Å². The zero-order valence-corrected chi connectivity index (χ0v) is 10.8. The van der Waals surface area contributed by atoms with Crippen LogP contribution in [0.4, 0.5) is 0 Å². The summed E-state index contributed by atoms with van der Waals surface area (Å²) < 4.78 is 5.61. The first-order valence-electron chi connectivity index (χ1n) is 6.79. The van der Waals surface area contributed by atoms with Crippen molar-refractivity contribution < 1.29 is 4.74 Å². The van der Waals surface area contributed by atoms with Crippen molar-refractivity contribution >= 4 is 0 Å². The largest absolute Gasteiger partial charge is 0.376 e. The molecule has 2 unspecified atom stereocenters. The summed E-state index contributed by atoms with van der Waals surface area (Å²) in [6, 6.07) is 0. The van der Waals surface area contributed by atoms with Crippen molar-refractivity contribution in [2.75, 3.05) is 39.3 Å². The summed E-state index contributed by atoms with van der Waals surface area (Å²) in [7, 11) is 0. The van der Waals surface area contributed by atoms with Gasteiger partial charge in [-0.1, -0.05) is 13.3 Å². The molecular weight excluding hydrogens is 200 g/mol. The van der Waals surface area contributed by atoms with Crippen molar-refractivity contribution in [2.45, 2.75) is 39.2 Å². The molecule has 2 heterocycles. The van der Waals surface area contributed by atoms with Crippen LogP contribution in [0.15, 0.2) is 0 Å². The maximum absolute atomic E-state index is 5.61. The number of rotatable bonds is 4. The molecule has 16 heavy (non-hydrogen) atoms. The lowest BCUT2D eigenvalue weighted by Gasteiger charge is -2.38. The van der Waals surface area contributed by atoms with Gasteiger partial charge in [0.05, 0.1) is 12.7 Å². The van der Waals surface area contributed by atoms with E-state index >= 15 is 0 Å². The van der Waals surface area contributed by atoms with Crippen LogP contribution < -0.4 is 5.32 Å². The van der Waals surface area contributed by atoms with Gasteiger partial charge in [-0.2, -0.15) is 0 Å². The molecule has 1 N–H and O–H groups in total. The van der Waals surface area contributed by atoms with E-state index in [-0.39, 0.29) is 0 Å². The summed E-state index contributed by atoms with van der Waals surface area (Å²) in [5.74, 6) is 0. The molecule has 2 aliphatic rings. The Labute approximate surface area is 99.5 Å². The average molecular weight is 226 g/mol. The van der Waals surface area contributed by atoms with Gasteiger partial charge in [0.15, 0.2) is 0 Å². The predicted molar refractivity (Wildman–Crippen MR) is 66.7 cm³/mol. The first-order chi connectivity index (χ1) is 7.74. The predicted octanol–water partition coefficient (Wildman–Crippen LogP) is 1.49. The minimum absolute atomic E-state index is 0.418. The van der Waals surface area contributed by atoms with Gasteiger partial charge in [0, 0.05) is 26.2 Å². The summed E-state index contributed by atoms with van der Waals surface area (Å²) >= 11 is 0. The van der Waals surface area contributed by atoms with Gasteiger partial charge in [0.1, 0.15) is 0 Å². The Kier molecular flexibility index (Phi) is 4.22. The van der Waals surface area contributed by atoms with Crippen LogP contribution in [-0.2, 0) is 4.74 Å². The van der Waals surface area contributed by atoms with E-state index < -0.39 is 0 Å². The van der Waals surface area contributed by atoms with Crippen LogP contribution in [0.1, 0.15) is 33.1 Å². The Balaban J connectivity index is 1.89. The number of hydrogen-bond donors (Lipinski definition) is 1. The Morgan fingerprint density at radius 2 is 2.38 bits per heavy atom. The second-order valence-electron chi connectivity index (χ2n) is 5.59. The number of morpholine rings is 1. The normalized spacial score (nSPS) is 36.8. The molecule has 2 rings (SSSR count). The SMILES string of the molecule is CCCC1(CN2CCOC(C)C2)CCNC1. The summed E-state index contributed by atoms with van der Waals surface area (Å²) in [6.45, 7) is 11.3. The van der Waals surface area contributed by atoms with E-state index in [0.717, 1.165) is 19.7 Å². The van der Waals surface area contributed by atoms with Crippen molar-refractivity contribution in [3.63, 3.8) is 0 Å². The standard InChI is InChI=1S/C13H26N2O/c1-3-4-13(5-6-14-10-13)11-15-7-8-16-12(2)9-15/h12,14H,3-11H2,1-2H3. The van der Waals surface area contributed by atoms with E-state index in [4.69, 9.17) is 4.74 Å². The lowest BCUT2D eigenvalue weighted by Crippen LogP contribution is -2.47. The number of hydrogen-bond acceptors (Lipinski definition) is 3. The molecule has 0 radical (unpaired) electrons. The molecule has 2 saturated heterocycles. The third-order valence-electron chi connectivity index (χ3n) is 4.00. The van der Waals surface area contributed by atoms with Gasteiger partial charge < -0.3 is 10.1 Å². The van der Waals surface area contributed by atoms with E-state index in [0.29, 0.717) is 11.5 Å². The highest BCUT2D eigenvalue weighted by atomic mass is 16.5. The third kappa shape index (κ3) is 2.96. The summed E-state index contributed by atoms with van der Waals surface area (Å²) in [5, 5.41) is 3.54. The van der Waals surface area contributed by atoms with Gasteiger partial charge in [-0.15, -0.1) is 0 Å². The summed E-state index contributed by atoms with van der Waals surface area (Å²) in [5.41, 5.74) is 0.547. The van der Waals surface area contributed by atoms with Crippen molar-refractivity contribution in [1.29, 1.82) is 0 Å². The van der Waals surface area contributed by atoms with Crippen molar-refractivity contribution in [3.05, 3.63) is 0 Å². The van der Waals surface area contributed by atoms with E-state index in [1.165, 1.54) is 38.9 Å². The van der Waals surface area contributed by atoms with Crippen LogP contribution in [0.3, 0.4) is 0 Å². The second-order valence-corrected chi connectivity index (χ2v) is 5.59. The molecule has 2 aliphatic heterocycles. The van der Waals surface area contributed by atoms with Crippen molar-refractivity contribution in [3.8, 4) is 0 Å². The second kappa shape index (κ2) is 5.48. The molecule has 0 aromatic rings. The first kappa shape index (κ1) is 12.3. The van der Waals surface area contributed by atoms with Crippen LogP contribution in [0.2, 0.25) is 0 Å². The highest BCUT2D eigenvalue weighted by molar-refractivity contribution is 4.90. The van der Waals surface area contributed by atoms with Gasteiger partial charge >= 0.3 is 0 Å². The van der Waals surface area contributed by atoms with Crippen LogP contribution in [0.25, 0.3) is 0 Å². The van der Waals surface area contributed by atoms with E-state index in [1.807, 2.05) is 0 Å². The molecule has 2 atom stereocenters. The topological polar surface area (TPSA) is 24.5 Å². The average Bonchev–Trinajstić information content (AvgIpc) is 2.67. The van der Waals surface area contributed by atoms with Crippen LogP contribution in [0.5, 0.6) is 0 Å². The molecular formula is C13H26N2O. The zero-order valence-electron chi connectivity index (χ0n) is 10.8. The molecule has 94 valence electrons. The fourth-order valence-electron chi connectivity index (χ4n) is 3.26. The lowest BCUT2D eigenvalue weighted by atomic mass is 9.82. The Hall–Kier alpha value is -0.120. The van der Waals surface area contributed by atoms with Gasteiger partial charge in [0.2, 0.25) is 0 Å². The Morgan fingerprint density at radius 3 is 3.00 bits per heavy atom. The molecule has 0 aliphatic carbocycles. The van der Waals surface area contributed by atoms with E-state index in [2.05, 4.69) is 24.1 Å². The molecule has 0 spiro atoms. The van der Waals surface area contributed by atoms with Crippen molar-refractivity contribution in [1.82, 2.24) is 10.2 Å². The molecule has 0 aromatic heterocycles. The van der Waals surface area contributed by atoms with Crippen LogP contribution in [0, 0.1) is 5.41 Å². The fraction of sp³-hybridized carbons (Fsp3) is 1.00. The molecule has 0 aromatic carbocycles. The zero-order chi connectivity index (χ0) is 11.4. The molecule has 0 saturated carbocycles. The smallest absolute Gasteiger partial charge is 0.0674 e. The molecule has 3 heteroatoms. The first-order valence-corrected chi connectivity index (χ1v) is 6.79. The highest BCUT2D eigenvalue weighted by Gasteiger charge is 2.35. The van der Waals surface area contributed by atoms with E-state index in [9.17, 15) is 0 Å². The van der Waals surface area contributed by atoms with Gasteiger partial charge in [-0.25, -0.2) is 0 Å². The Morgan fingerprint density at radius 1 is 1.50 bits per heavy atom. The summed E-state index contributed by atoms with van der Waals surface area (Å²) in [6.07, 6.45) is 4.45. The fourth-order valence-corrected chi connectivity index (χ4v) is 3.26. The number of nitrogens with one attached hydrogen (secondary N) is 1.